The van der Waals surface area contributed by atoms with Gasteiger partial charge in [0.1, 0.15) is 24.7 Å². The van der Waals surface area contributed by atoms with E-state index in [4.69, 9.17) is 27.7 Å². The van der Waals surface area contributed by atoms with E-state index >= 15 is 0 Å². The molecule has 4 atom stereocenters. The molecule has 6 amide bonds. The van der Waals surface area contributed by atoms with E-state index in [0.29, 0.717) is 19.4 Å². The minimum atomic E-state index is -1.49. The summed E-state index contributed by atoms with van der Waals surface area (Å²) < 4.78 is 0. The molecule has 0 bridgehead atoms. The van der Waals surface area contributed by atoms with Crippen molar-refractivity contribution < 1.29 is 38.7 Å². The third-order valence-corrected chi connectivity index (χ3v) is 6.24. The topological polar surface area (TPSA) is 305 Å². The lowest BCUT2D eigenvalue weighted by molar-refractivity contribution is -0.142. The second kappa shape index (κ2) is 17.5. The zero-order valence-corrected chi connectivity index (χ0v) is 23.2. The van der Waals surface area contributed by atoms with Gasteiger partial charge in [-0.25, -0.2) is 0 Å². The SMILES string of the molecule is N=C(N)NCCC[C@H](N)C(=O)NCC(=O)N[C@@H](CC(N)=O)C(=O)N[C@@H](CS)C(=O)N1CCC[C@H]1C(=O)NCC(=O)O. The number of carboxylic acid groups (broad SMARTS) is 1. The van der Waals surface area contributed by atoms with E-state index in [0.717, 1.165) is 0 Å². The standard InChI is InChI=1S/C22H38N10O8S/c23-11(3-1-5-27-22(25)26)18(37)28-8-16(34)30-12(7-15(24)33)19(38)31-13(10-41)21(40)32-6-2-4-14(32)20(39)29-9-17(35)36/h11-14,41H,1-10,23H2,(H2,24,33)(H,28,37)(H,29,39)(H,30,34)(H,31,38)(H,35,36)(H4,25,26,27)/t11-,12-,13-,14-/m0/s1. The van der Waals surface area contributed by atoms with Crippen molar-refractivity contribution in [3.05, 3.63) is 0 Å². The molecule has 18 nitrogen and oxygen atoms in total. The van der Waals surface area contributed by atoms with E-state index in [1.807, 2.05) is 0 Å². The number of amides is 6. The molecule has 0 saturated carbocycles. The van der Waals surface area contributed by atoms with Crippen LogP contribution < -0.4 is 43.8 Å². The largest absolute Gasteiger partial charge is 0.480 e. The van der Waals surface area contributed by atoms with E-state index in [1.54, 1.807) is 0 Å². The van der Waals surface area contributed by atoms with Crippen LogP contribution in [0.2, 0.25) is 0 Å². The summed E-state index contributed by atoms with van der Waals surface area (Å²) in [5.41, 5.74) is 16.1. The van der Waals surface area contributed by atoms with Crippen molar-refractivity contribution in [2.45, 2.75) is 56.3 Å². The highest BCUT2D eigenvalue weighted by Crippen LogP contribution is 2.19. The number of likely N-dealkylation sites (tertiary alicyclic amines) is 1. The second-order valence-electron chi connectivity index (χ2n) is 9.14. The monoisotopic (exact) mass is 602 g/mol. The fourth-order valence-electron chi connectivity index (χ4n) is 3.87. The zero-order valence-electron chi connectivity index (χ0n) is 22.3. The first-order valence-corrected chi connectivity index (χ1v) is 13.3. The van der Waals surface area contributed by atoms with Crippen LogP contribution in [0, 0.1) is 5.41 Å². The van der Waals surface area contributed by atoms with Crippen LogP contribution in [0.4, 0.5) is 0 Å². The molecule has 230 valence electrons. The molecule has 1 aliphatic rings. The Morgan fingerprint density at radius 3 is 2.24 bits per heavy atom. The third kappa shape index (κ3) is 12.7. The quantitative estimate of drug-likeness (QED) is 0.0323. The molecular formula is C22H38N10O8S. The maximum Gasteiger partial charge on any atom is 0.322 e. The summed E-state index contributed by atoms with van der Waals surface area (Å²) in [6.07, 6.45) is 0.798. The number of primary amides is 1. The summed E-state index contributed by atoms with van der Waals surface area (Å²) in [6, 6.07) is -4.64. The van der Waals surface area contributed by atoms with E-state index in [-0.39, 0.29) is 31.1 Å². The highest BCUT2D eigenvalue weighted by Gasteiger charge is 2.38. The molecule has 1 rings (SSSR count). The predicted molar refractivity (Wildman–Crippen MR) is 147 cm³/mol. The van der Waals surface area contributed by atoms with Crippen molar-refractivity contribution in [2.75, 3.05) is 31.9 Å². The minimum Gasteiger partial charge on any atom is -0.480 e. The van der Waals surface area contributed by atoms with E-state index in [9.17, 15) is 33.6 Å². The molecule has 0 unspecified atom stereocenters. The summed E-state index contributed by atoms with van der Waals surface area (Å²) >= 11 is 4.10. The molecule has 1 heterocycles. The van der Waals surface area contributed by atoms with Crippen LogP contribution in [0.5, 0.6) is 0 Å². The van der Waals surface area contributed by atoms with Gasteiger partial charge >= 0.3 is 5.97 Å². The van der Waals surface area contributed by atoms with Gasteiger partial charge in [-0.05, 0) is 25.7 Å². The van der Waals surface area contributed by atoms with Gasteiger partial charge in [-0.2, -0.15) is 12.6 Å². The lowest BCUT2D eigenvalue weighted by Gasteiger charge is -2.29. The Labute approximate surface area is 241 Å². The average molecular weight is 603 g/mol. The molecule has 1 saturated heterocycles. The van der Waals surface area contributed by atoms with Crippen molar-refractivity contribution in [3.8, 4) is 0 Å². The number of carbonyl (C=O) groups excluding carboxylic acids is 6. The van der Waals surface area contributed by atoms with Gasteiger partial charge in [0.15, 0.2) is 5.96 Å². The van der Waals surface area contributed by atoms with E-state index in [1.165, 1.54) is 4.90 Å². The number of rotatable bonds is 17. The van der Waals surface area contributed by atoms with Gasteiger partial charge in [-0.3, -0.25) is 39.0 Å². The first-order valence-electron chi connectivity index (χ1n) is 12.7. The highest BCUT2D eigenvalue weighted by molar-refractivity contribution is 7.80. The van der Waals surface area contributed by atoms with Crippen LogP contribution in [0.3, 0.4) is 0 Å². The molecule has 19 heteroatoms. The molecule has 0 aliphatic carbocycles. The molecule has 0 spiro atoms. The summed E-state index contributed by atoms with van der Waals surface area (Å²) in [7, 11) is 0. The van der Waals surface area contributed by atoms with Crippen molar-refractivity contribution in [2.24, 2.45) is 17.2 Å². The molecule has 41 heavy (non-hydrogen) atoms. The Kier molecular flexibility index (Phi) is 14.9. The number of nitrogens with one attached hydrogen (secondary N) is 6. The van der Waals surface area contributed by atoms with Crippen LogP contribution in [0.25, 0.3) is 0 Å². The van der Waals surface area contributed by atoms with Gasteiger partial charge in [-0.15, -0.1) is 0 Å². The minimum absolute atomic E-state index is 0.181. The van der Waals surface area contributed by atoms with Gasteiger partial charge in [0.2, 0.25) is 35.4 Å². The number of thiol groups is 1. The van der Waals surface area contributed by atoms with Crippen molar-refractivity contribution in [3.63, 3.8) is 0 Å². The number of hydrogen-bond donors (Lipinski definition) is 11. The van der Waals surface area contributed by atoms with Crippen LogP contribution in [0.1, 0.15) is 32.1 Å². The molecular weight excluding hydrogens is 564 g/mol. The van der Waals surface area contributed by atoms with Crippen molar-refractivity contribution in [1.82, 2.24) is 31.5 Å². The van der Waals surface area contributed by atoms with Crippen LogP contribution in [-0.4, -0.2) is 113 Å². The summed E-state index contributed by atoms with van der Waals surface area (Å²) in [5, 5.41) is 27.6. The van der Waals surface area contributed by atoms with Gasteiger partial charge in [0.25, 0.3) is 0 Å². The number of nitrogens with two attached hydrogens (primary N) is 3. The molecule has 0 aromatic heterocycles. The Bertz CT molecular complexity index is 1010. The molecule has 1 aliphatic heterocycles. The predicted octanol–water partition coefficient (Wildman–Crippen LogP) is -5.34. The summed E-state index contributed by atoms with van der Waals surface area (Å²) in [6.45, 7) is -0.687. The Morgan fingerprint density at radius 2 is 1.66 bits per heavy atom. The number of hydrogen-bond acceptors (Lipinski definition) is 10. The third-order valence-electron chi connectivity index (χ3n) is 5.87. The zero-order chi connectivity index (χ0) is 31.1. The number of aliphatic carboxylic acids is 1. The number of nitrogens with zero attached hydrogens (tertiary/aromatic N) is 1. The van der Waals surface area contributed by atoms with Crippen molar-refractivity contribution >= 4 is 60.0 Å². The fourth-order valence-corrected chi connectivity index (χ4v) is 4.12. The Morgan fingerprint density at radius 1 is 0.976 bits per heavy atom. The first kappa shape index (κ1) is 34.9. The normalized spacial score (nSPS) is 16.4. The second-order valence-corrected chi connectivity index (χ2v) is 9.51. The number of carboxylic acids is 1. The molecule has 0 aromatic carbocycles. The maximum atomic E-state index is 13.1. The van der Waals surface area contributed by atoms with Crippen LogP contribution >= 0.6 is 12.6 Å². The first-order chi connectivity index (χ1) is 19.3. The molecule has 0 radical (unpaired) electrons. The van der Waals surface area contributed by atoms with Crippen molar-refractivity contribution in [1.29, 1.82) is 5.41 Å². The van der Waals surface area contributed by atoms with Crippen LogP contribution in [-0.2, 0) is 33.6 Å². The summed E-state index contributed by atoms with van der Waals surface area (Å²) in [4.78, 5) is 86.4. The lowest BCUT2D eigenvalue weighted by Crippen LogP contribution is -2.58. The molecule has 1 fully saturated rings. The van der Waals surface area contributed by atoms with E-state index < -0.39 is 85.1 Å². The number of guanidine groups is 1. The summed E-state index contributed by atoms with van der Waals surface area (Å²) in [5.74, 6) is -6.34. The Balaban J connectivity index is 2.73. The lowest BCUT2D eigenvalue weighted by atomic mass is 10.1. The highest BCUT2D eigenvalue weighted by atomic mass is 32.1. The van der Waals surface area contributed by atoms with Gasteiger partial charge in [-0.1, -0.05) is 0 Å². The number of carbonyl (C=O) groups is 7. The smallest absolute Gasteiger partial charge is 0.322 e. The molecule has 13 N–H and O–H groups in total. The Hall–Kier alpha value is -4.13. The maximum absolute atomic E-state index is 13.1. The fraction of sp³-hybridized carbons (Fsp3) is 0.636. The van der Waals surface area contributed by atoms with Gasteiger partial charge in [0, 0.05) is 18.8 Å². The van der Waals surface area contributed by atoms with Gasteiger partial charge in [0.05, 0.1) is 19.0 Å². The van der Waals surface area contributed by atoms with Gasteiger partial charge < -0.3 is 53.8 Å². The average Bonchev–Trinajstić information content (AvgIpc) is 3.40. The molecule has 0 aromatic rings. The van der Waals surface area contributed by atoms with Crippen LogP contribution in [0.15, 0.2) is 0 Å². The van der Waals surface area contributed by atoms with E-state index in [2.05, 4.69) is 39.2 Å².